The molecule has 0 aliphatic carbocycles. The second-order valence-electron chi connectivity index (χ2n) is 9.51. The molecule has 0 aromatic heterocycles. The lowest BCUT2D eigenvalue weighted by Gasteiger charge is -2.33. The highest BCUT2D eigenvalue weighted by Crippen LogP contribution is 2.41. The number of hydrogen-bond acceptors (Lipinski definition) is 6. The quantitative estimate of drug-likeness (QED) is 0.245. The van der Waals surface area contributed by atoms with Gasteiger partial charge in [-0.2, -0.15) is 0 Å². The van der Waals surface area contributed by atoms with Gasteiger partial charge in [0.1, 0.15) is 12.4 Å². The number of benzene rings is 3. The minimum atomic E-state index is -4.07. The average molecular weight is 548 g/mol. The van der Waals surface area contributed by atoms with Crippen molar-refractivity contribution in [3.05, 3.63) is 77.9 Å². The molecule has 0 unspecified atom stereocenters. The fraction of sp³-hybridized carbons (Fsp3) is 0.300. The number of rotatable bonds is 8. The van der Waals surface area contributed by atoms with Crippen molar-refractivity contribution in [1.29, 1.82) is 0 Å². The van der Waals surface area contributed by atoms with Gasteiger partial charge in [0.05, 0.1) is 16.1 Å². The van der Waals surface area contributed by atoms with Crippen LogP contribution >= 0.6 is 0 Å². The number of anilines is 1. The van der Waals surface area contributed by atoms with E-state index in [0.29, 0.717) is 5.75 Å². The number of likely N-dealkylation sites (tertiary alicyclic amines) is 1. The summed E-state index contributed by atoms with van der Waals surface area (Å²) in [5.74, 6) is 5.29. The summed E-state index contributed by atoms with van der Waals surface area (Å²) in [7, 11) is -0.568. The van der Waals surface area contributed by atoms with E-state index in [-0.39, 0.29) is 28.7 Å². The minimum Gasteiger partial charge on any atom is -0.481 e. The molecule has 4 rings (SSSR count). The van der Waals surface area contributed by atoms with Crippen molar-refractivity contribution in [3.63, 3.8) is 0 Å². The molecule has 8 nitrogen and oxygen atoms in total. The third-order valence-corrected chi connectivity index (χ3v) is 8.81. The highest BCUT2D eigenvalue weighted by atomic mass is 32.2. The first-order chi connectivity index (χ1) is 18.8. The van der Waals surface area contributed by atoms with Crippen molar-refractivity contribution < 1.29 is 23.2 Å². The maximum Gasteiger partial charge on any atom is 0.276 e. The molecular formula is C30H33N3O5S. The van der Waals surface area contributed by atoms with Crippen LogP contribution in [-0.4, -0.2) is 58.2 Å². The largest absolute Gasteiger partial charge is 0.481 e. The second kappa shape index (κ2) is 12.3. The Kier molecular flexibility index (Phi) is 8.92. The van der Waals surface area contributed by atoms with Gasteiger partial charge in [-0.25, -0.2) is 13.9 Å². The first-order valence-corrected chi connectivity index (χ1v) is 14.2. The van der Waals surface area contributed by atoms with E-state index in [1.165, 1.54) is 19.2 Å². The third-order valence-electron chi connectivity index (χ3n) is 7.04. The minimum absolute atomic E-state index is 0.0261. The highest BCUT2D eigenvalue weighted by Gasteiger charge is 2.32. The Hall–Kier alpha value is -3.84. The van der Waals surface area contributed by atoms with E-state index < -0.39 is 15.9 Å². The summed E-state index contributed by atoms with van der Waals surface area (Å²) < 4.78 is 34.4. The van der Waals surface area contributed by atoms with Crippen LogP contribution in [0.4, 0.5) is 5.69 Å². The third kappa shape index (κ3) is 6.25. The molecule has 0 saturated carbocycles. The van der Waals surface area contributed by atoms with Gasteiger partial charge in [0.25, 0.3) is 15.9 Å². The van der Waals surface area contributed by atoms with Crippen LogP contribution in [0.3, 0.4) is 0 Å². The van der Waals surface area contributed by atoms with E-state index in [1.807, 2.05) is 36.4 Å². The zero-order valence-electron chi connectivity index (χ0n) is 22.3. The fourth-order valence-electron chi connectivity index (χ4n) is 4.85. The number of amides is 1. The van der Waals surface area contributed by atoms with Gasteiger partial charge >= 0.3 is 0 Å². The molecule has 0 atom stereocenters. The van der Waals surface area contributed by atoms with Crippen molar-refractivity contribution in [1.82, 2.24) is 10.4 Å². The Morgan fingerprint density at radius 2 is 1.74 bits per heavy atom. The van der Waals surface area contributed by atoms with Crippen LogP contribution < -0.4 is 14.5 Å². The molecule has 39 heavy (non-hydrogen) atoms. The molecule has 2 N–H and O–H groups in total. The van der Waals surface area contributed by atoms with Crippen molar-refractivity contribution >= 4 is 21.6 Å². The van der Waals surface area contributed by atoms with Crippen molar-refractivity contribution in [3.8, 4) is 28.7 Å². The Morgan fingerprint density at radius 3 is 2.36 bits per heavy atom. The highest BCUT2D eigenvalue weighted by molar-refractivity contribution is 7.92. The predicted octanol–water partition coefficient (Wildman–Crippen LogP) is 4.51. The lowest BCUT2D eigenvalue weighted by molar-refractivity contribution is 0.0707. The van der Waals surface area contributed by atoms with Gasteiger partial charge in [-0.3, -0.25) is 14.3 Å². The molecular weight excluding hydrogens is 514 g/mol. The number of carbonyl (C=O) groups excluding carboxylic acids is 1. The van der Waals surface area contributed by atoms with E-state index in [4.69, 9.17) is 4.74 Å². The number of piperidine rings is 1. The number of carbonyl (C=O) groups is 1. The molecule has 1 amide bonds. The van der Waals surface area contributed by atoms with Gasteiger partial charge in [0.15, 0.2) is 0 Å². The number of nitrogens with zero attached hydrogens (tertiary/aromatic N) is 2. The Morgan fingerprint density at radius 1 is 1.08 bits per heavy atom. The smallest absolute Gasteiger partial charge is 0.276 e. The monoisotopic (exact) mass is 547 g/mol. The Balaban J connectivity index is 1.84. The van der Waals surface area contributed by atoms with Gasteiger partial charge in [-0.1, -0.05) is 36.3 Å². The van der Waals surface area contributed by atoms with E-state index in [9.17, 15) is 18.4 Å². The summed E-state index contributed by atoms with van der Waals surface area (Å²) >= 11 is 0. The maximum absolute atomic E-state index is 13.9. The lowest BCUT2D eigenvalue weighted by Crippen LogP contribution is -2.33. The fourth-order valence-corrected chi connectivity index (χ4v) is 6.09. The Labute approximate surface area is 230 Å². The van der Waals surface area contributed by atoms with E-state index >= 15 is 0 Å². The number of sulfonamides is 1. The summed E-state index contributed by atoms with van der Waals surface area (Å²) in [5.41, 5.74) is 4.48. The van der Waals surface area contributed by atoms with Crippen molar-refractivity contribution in [2.24, 2.45) is 0 Å². The van der Waals surface area contributed by atoms with Crippen LogP contribution in [0.2, 0.25) is 0 Å². The van der Waals surface area contributed by atoms with Crippen LogP contribution in [0.15, 0.2) is 71.6 Å². The lowest BCUT2D eigenvalue weighted by atomic mass is 9.85. The summed E-state index contributed by atoms with van der Waals surface area (Å²) in [4.78, 5) is 15.3. The standard InChI is InChI=1S/C30H33N3O5S/c1-4-5-19-38-25-11-13-26(14-12-25)39(36,37)33(3)29-27(23-15-17-32(2)18-16-23)20-24(21-28(29)30(34)31-35)22-9-7-6-8-10-22/h6-14,20-21,23,35H,15-19H2,1-3H3,(H,31,34). The molecule has 204 valence electrons. The molecule has 0 spiro atoms. The number of nitrogens with one attached hydrogen (secondary N) is 1. The summed E-state index contributed by atoms with van der Waals surface area (Å²) in [6.45, 7) is 3.62. The van der Waals surface area contributed by atoms with Crippen LogP contribution in [0, 0.1) is 11.8 Å². The number of hydroxylamine groups is 1. The summed E-state index contributed by atoms with van der Waals surface area (Å²) in [6.07, 6.45) is 1.62. The first-order valence-electron chi connectivity index (χ1n) is 12.7. The molecule has 1 saturated heterocycles. The van der Waals surface area contributed by atoms with Crippen LogP contribution in [0.5, 0.6) is 5.75 Å². The molecule has 1 aliphatic rings. The summed E-state index contributed by atoms with van der Waals surface area (Å²) in [6, 6.07) is 19.3. The van der Waals surface area contributed by atoms with Crippen molar-refractivity contribution in [2.75, 3.05) is 38.1 Å². The van der Waals surface area contributed by atoms with E-state index in [2.05, 4.69) is 23.8 Å². The normalized spacial score (nSPS) is 14.3. The van der Waals surface area contributed by atoms with Gasteiger partial charge in [0, 0.05) is 7.05 Å². The topological polar surface area (TPSA) is 99.2 Å². The molecule has 0 bridgehead atoms. The van der Waals surface area contributed by atoms with Crippen LogP contribution in [-0.2, 0) is 10.0 Å². The van der Waals surface area contributed by atoms with Crippen LogP contribution in [0.1, 0.15) is 41.6 Å². The molecule has 1 aliphatic heterocycles. The second-order valence-corrected chi connectivity index (χ2v) is 11.5. The van der Waals surface area contributed by atoms with Crippen molar-refractivity contribution in [2.45, 2.75) is 30.6 Å². The van der Waals surface area contributed by atoms with Gasteiger partial charge in [-0.15, -0.1) is 5.92 Å². The van der Waals surface area contributed by atoms with Gasteiger partial charge in [-0.05, 0) is 98.9 Å². The zero-order chi connectivity index (χ0) is 28.0. The van der Waals surface area contributed by atoms with Gasteiger partial charge < -0.3 is 9.64 Å². The van der Waals surface area contributed by atoms with E-state index in [0.717, 1.165) is 46.9 Å². The molecule has 3 aromatic carbocycles. The van der Waals surface area contributed by atoms with Crippen LogP contribution in [0.25, 0.3) is 11.1 Å². The first kappa shape index (κ1) is 28.2. The zero-order valence-corrected chi connectivity index (χ0v) is 23.2. The maximum atomic E-state index is 13.9. The number of hydrogen-bond donors (Lipinski definition) is 2. The average Bonchev–Trinajstić information content (AvgIpc) is 2.97. The molecule has 0 radical (unpaired) electrons. The summed E-state index contributed by atoms with van der Waals surface area (Å²) in [5, 5.41) is 9.63. The number of ether oxygens (including phenoxy) is 1. The predicted molar refractivity (Wildman–Crippen MR) is 152 cm³/mol. The molecule has 1 fully saturated rings. The molecule has 3 aromatic rings. The van der Waals surface area contributed by atoms with E-state index in [1.54, 1.807) is 30.6 Å². The SMILES string of the molecule is CC#CCOc1ccc(S(=O)(=O)N(C)c2c(C(=O)NO)cc(-c3ccccc3)cc2C2CCN(C)CC2)cc1. The Bertz CT molecular complexity index is 1470. The molecule has 9 heteroatoms. The molecule has 1 heterocycles. The van der Waals surface area contributed by atoms with Gasteiger partial charge in [0.2, 0.25) is 0 Å².